The van der Waals surface area contributed by atoms with Crippen molar-refractivity contribution in [1.29, 1.82) is 0 Å². The van der Waals surface area contributed by atoms with Gasteiger partial charge in [-0.25, -0.2) is 9.78 Å². The molecule has 0 aromatic carbocycles. The summed E-state index contributed by atoms with van der Waals surface area (Å²) >= 11 is 0. The third-order valence-corrected chi connectivity index (χ3v) is 1.23. The summed E-state index contributed by atoms with van der Waals surface area (Å²) in [7, 11) is 0. The predicted molar refractivity (Wildman–Crippen MR) is 38.6 cm³/mol. The van der Waals surface area contributed by atoms with Crippen LogP contribution in [0.5, 0.6) is 0 Å². The van der Waals surface area contributed by atoms with Gasteiger partial charge in [0.05, 0.1) is 0 Å². The number of carbonyl (C=O) groups excluding carboxylic acids is 1. The Balaban J connectivity index is 2.96. The van der Waals surface area contributed by atoms with E-state index in [1.54, 1.807) is 12.1 Å². The Hall–Kier alpha value is -1.42. The molecule has 0 aliphatic heterocycles. The summed E-state index contributed by atoms with van der Waals surface area (Å²) in [5.74, 6) is 4.05. The van der Waals surface area contributed by atoms with Crippen LogP contribution in [0.4, 0.5) is 0 Å². The molecule has 1 aromatic rings. The van der Waals surface area contributed by atoms with Crippen molar-refractivity contribution in [2.45, 2.75) is 6.92 Å². The van der Waals surface area contributed by atoms with Gasteiger partial charge in [-0.3, -0.25) is 0 Å². The number of aryl methyl sites for hydroxylation is 1. The van der Waals surface area contributed by atoms with Gasteiger partial charge in [0.2, 0.25) is 0 Å². The molecule has 2 N–H and O–H groups in total. The summed E-state index contributed by atoms with van der Waals surface area (Å²) in [5, 5.41) is 0. The molecule has 0 atom stereocenters. The van der Waals surface area contributed by atoms with Gasteiger partial charge in [-0.1, -0.05) is 0 Å². The van der Waals surface area contributed by atoms with Crippen LogP contribution in [0.3, 0.4) is 0 Å². The van der Waals surface area contributed by atoms with Crippen LogP contribution in [0.2, 0.25) is 0 Å². The SMILES string of the molecule is Cc1ccnc(C(=O)ON)c1. The van der Waals surface area contributed by atoms with E-state index in [0.717, 1.165) is 5.56 Å². The molecule has 0 saturated heterocycles. The zero-order valence-corrected chi connectivity index (χ0v) is 6.07. The average molecular weight is 152 g/mol. The Bertz CT molecular complexity index is 273. The van der Waals surface area contributed by atoms with Crippen LogP contribution in [-0.2, 0) is 4.84 Å². The zero-order chi connectivity index (χ0) is 8.27. The van der Waals surface area contributed by atoms with E-state index in [-0.39, 0.29) is 5.69 Å². The number of hydrogen-bond donors (Lipinski definition) is 1. The van der Waals surface area contributed by atoms with Crippen LogP contribution in [0.25, 0.3) is 0 Å². The number of pyridine rings is 1. The van der Waals surface area contributed by atoms with E-state index in [2.05, 4.69) is 15.7 Å². The Kier molecular flexibility index (Phi) is 2.18. The molecule has 11 heavy (non-hydrogen) atoms. The molecule has 1 heterocycles. The lowest BCUT2D eigenvalue weighted by atomic mass is 10.2. The molecule has 0 aliphatic rings. The number of hydrogen-bond acceptors (Lipinski definition) is 4. The van der Waals surface area contributed by atoms with Gasteiger partial charge in [-0.15, -0.1) is 0 Å². The summed E-state index contributed by atoms with van der Waals surface area (Å²) in [6.07, 6.45) is 1.53. The summed E-state index contributed by atoms with van der Waals surface area (Å²) in [6.45, 7) is 1.86. The number of carbonyl (C=O) groups is 1. The van der Waals surface area contributed by atoms with Crippen molar-refractivity contribution >= 4 is 5.97 Å². The van der Waals surface area contributed by atoms with Crippen LogP contribution in [-0.4, -0.2) is 11.0 Å². The minimum atomic E-state index is -0.617. The maximum Gasteiger partial charge on any atom is 0.375 e. The van der Waals surface area contributed by atoms with Crippen LogP contribution in [0.1, 0.15) is 16.1 Å². The van der Waals surface area contributed by atoms with Gasteiger partial charge >= 0.3 is 5.97 Å². The molecule has 0 aliphatic carbocycles. The van der Waals surface area contributed by atoms with Gasteiger partial charge < -0.3 is 4.84 Å². The smallest absolute Gasteiger partial charge is 0.368 e. The second kappa shape index (κ2) is 3.12. The quantitative estimate of drug-likeness (QED) is 0.592. The number of rotatable bonds is 1. The van der Waals surface area contributed by atoms with Crippen molar-refractivity contribution in [2.75, 3.05) is 0 Å². The molecule has 0 amide bonds. The number of aromatic nitrogens is 1. The van der Waals surface area contributed by atoms with E-state index in [4.69, 9.17) is 0 Å². The highest BCUT2D eigenvalue weighted by molar-refractivity contribution is 5.86. The lowest BCUT2D eigenvalue weighted by Gasteiger charge is -1.96. The third-order valence-electron chi connectivity index (χ3n) is 1.23. The summed E-state index contributed by atoms with van der Waals surface area (Å²) in [4.78, 5) is 18.5. The molecule has 0 fully saturated rings. The molecule has 1 rings (SSSR count). The van der Waals surface area contributed by atoms with Gasteiger partial charge in [0.15, 0.2) is 0 Å². The van der Waals surface area contributed by atoms with Crippen molar-refractivity contribution in [3.8, 4) is 0 Å². The molecule has 0 bridgehead atoms. The van der Waals surface area contributed by atoms with E-state index < -0.39 is 5.97 Å². The monoisotopic (exact) mass is 152 g/mol. The predicted octanol–water partition coefficient (Wildman–Crippen LogP) is 0.421. The maximum absolute atomic E-state index is 10.8. The Morgan fingerprint density at radius 2 is 2.45 bits per heavy atom. The molecule has 0 unspecified atom stereocenters. The van der Waals surface area contributed by atoms with E-state index in [1.807, 2.05) is 6.92 Å². The highest BCUT2D eigenvalue weighted by Crippen LogP contribution is 1.99. The van der Waals surface area contributed by atoms with Gasteiger partial charge in [0, 0.05) is 6.20 Å². The van der Waals surface area contributed by atoms with Crippen molar-refractivity contribution in [3.63, 3.8) is 0 Å². The Labute approximate surface area is 63.9 Å². The number of nitrogens with two attached hydrogens (primary N) is 1. The van der Waals surface area contributed by atoms with Crippen molar-refractivity contribution < 1.29 is 9.63 Å². The first-order chi connectivity index (χ1) is 5.24. The van der Waals surface area contributed by atoms with Gasteiger partial charge in [0.25, 0.3) is 0 Å². The summed E-state index contributed by atoms with van der Waals surface area (Å²) < 4.78 is 0. The normalized spacial score (nSPS) is 9.27. The lowest BCUT2D eigenvalue weighted by Crippen LogP contribution is -2.11. The van der Waals surface area contributed by atoms with Gasteiger partial charge in [0.1, 0.15) is 5.69 Å². The molecule has 0 radical (unpaired) electrons. The van der Waals surface area contributed by atoms with Crippen LogP contribution in [0, 0.1) is 6.92 Å². The first kappa shape index (κ1) is 7.68. The summed E-state index contributed by atoms with van der Waals surface area (Å²) in [5.41, 5.74) is 1.17. The standard InChI is InChI=1S/C7H8N2O2/c1-5-2-3-9-6(4-5)7(10)11-8/h2-4H,8H2,1H3. The van der Waals surface area contributed by atoms with E-state index in [0.29, 0.717) is 0 Å². The van der Waals surface area contributed by atoms with Crippen LogP contribution in [0.15, 0.2) is 18.3 Å². The molecule has 58 valence electrons. The van der Waals surface area contributed by atoms with E-state index in [9.17, 15) is 4.79 Å². The first-order valence-corrected chi connectivity index (χ1v) is 3.08. The van der Waals surface area contributed by atoms with E-state index in [1.165, 1.54) is 6.20 Å². The van der Waals surface area contributed by atoms with Gasteiger partial charge in [-0.05, 0) is 24.6 Å². The molecular weight excluding hydrogens is 144 g/mol. The Morgan fingerprint density at radius 3 is 3.00 bits per heavy atom. The van der Waals surface area contributed by atoms with Gasteiger partial charge in [-0.2, -0.15) is 5.90 Å². The highest BCUT2D eigenvalue weighted by atomic mass is 16.7. The molecule has 0 saturated carbocycles. The second-order valence-corrected chi connectivity index (χ2v) is 2.12. The molecular formula is C7H8N2O2. The zero-order valence-electron chi connectivity index (χ0n) is 6.07. The van der Waals surface area contributed by atoms with Crippen molar-refractivity contribution in [1.82, 2.24) is 4.98 Å². The third kappa shape index (κ3) is 1.75. The van der Waals surface area contributed by atoms with Crippen molar-refractivity contribution in [2.24, 2.45) is 5.90 Å². The summed E-state index contributed by atoms with van der Waals surface area (Å²) in [6, 6.07) is 3.39. The van der Waals surface area contributed by atoms with Crippen LogP contribution < -0.4 is 5.90 Å². The minimum Gasteiger partial charge on any atom is -0.368 e. The lowest BCUT2D eigenvalue weighted by molar-refractivity contribution is 0.0496. The maximum atomic E-state index is 10.8. The first-order valence-electron chi connectivity index (χ1n) is 3.08. The largest absolute Gasteiger partial charge is 0.375 e. The van der Waals surface area contributed by atoms with Crippen molar-refractivity contribution in [3.05, 3.63) is 29.6 Å². The Morgan fingerprint density at radius 1 is 1.73 bits per heavy atom. The fraction of sp³-hybridized carbons (Fsp3) is 0.143. The number of nitrogens with zero attached hydrogens (tertiary/aromatic N) is 1. The molecule has 4 nitrogen and oxygen atoms in total. The van der Waals surface area contributed by atoms with E-state index >= 15 is 0 Å². The van der Waals surface area contributed by atoms with Crippen LogP contribution >= 0.6 is 0 Å². The minimum absolute atomic E-state index is 0.229. The second-order valence-electron chi connectivity index (χ2n) is 2.12. The fourth-order valence-electron chi connectivity index (χ4n) is 0.708. The average Bonchev–Trinajstić information content (AvgIpc) is 2.03. The fourth-order valence-corrected chi connectivity index (χ4v) is 0.708. The molecule has 4 heteroatoms. The topological polar surface area (TPSA) is 65.2 Å². The highest BCUT2D eigenvalue weighted by Gasteiger charge is 2.05. The molecule has 1 aromatic heterocycles. The molecule has 0 spiro atoms.